The third-order valence-corrected chi connectivity index (χ3v) is 6.76. The van der Waals surface area contributed by atoms with Crippen LogP contribution >= 0.6 is 11.8 Å². The summed E-state index contributed by atoms with van der Waals surface area (Å²) in [7, 11) is 0. The zero-order valence-corrected chi connectivity index (χ0v) is 19.7. The quantitative estimate of drug-likeness (QED) is 0.229. The zero-order valence-electron chi connectivity index (χ0n) is 18.9. The van der Waals surface area contributed by atoms with Crippen LogP contribution in [-0.4, -0.2) is 116 Å². The number of carbonyl (C=O) groups is 1. The van der Waals surface area contributed by atoms with E-state index in [4.69, 9.17) is 24.1 Å². The fraction of sp³-hybridized carbons (Fsp3) is 0.667. The Kier molecular flexibility index (Phi) is 9.23. The van der Waals surface area contributed by atoms with Crippen molar-refractivity contribution in [3.63, 3.8) is 0 Å². The van der Waals surface area contributed by atoms with Crippen LogP contribution in [0.3, 0.4) is 0 Å². The summed E-state index contributed by atoms with van der Waals surface area (Å²) in [6.07, 6.45) is -5.20. The minimum Gasteiger partial charge on any atom is -0.505 e. The predicted octanol–water partition coefficient (Wildman–Crippen LogP) is -1.16. The summed E-state index contributed by atoms with van der Waals surface area (Å²) in [5, 5.41) is 49.3. The number of rotatable bonds is 11. The molecule has 0 bridgehead atoms. The van der Waals surface area contributed by atoms with Crippen LogP contribution in [0.2, 0.25) is 0 Å². The minimum absolute atomic E-state index is 0.0265. The summed E-state index contributed by atoms with van der Waals surface area (Å²) in [4.78, 5) is 20.4. The highest BCUT2D eigenvalue weighted by Gasteiger charge is 2.44. The van der Waals surface area contributed by atoms with E-state index in [2.05, 4.69) is 9.98 Å². The summed E-state index contributed by atoms with van der Waals surface area (Å²) in [6.45, 7) is 3.22. The van der Waals surface area contributed by atoms with Gasteiger partial charge in [0.05, 0.1) is 32.6 Å². The van der Waals surface area contributed by atoms with Gasteiger partial charge in [-0.2, -0.15) is 0 Å². The van der Waals surface area contributed by atoms with Gasteiger partial charge in [0.15, 0.2) is 12.1 Å². The summed E-state index contributed by atoms with van der Waals surface area (Å²) < 4.78 is 21.4. The molecule has 3 heterocycles. The van der Waals surface area contributed by atoms with Gasteiger partial charge in [0.1, 0.15) is 58.8 Å². The molecule has 1 aromatic rings. The number of aliphatic hydroxyl groups is 4. The molecule has 0 aliphatic carbocycles. The third kappa shape index (κ3) is 6.23. The highest BCUT2D eigenvalue weighted by atomic mass is 32.2. The van der Waals surface area contributed by atoms with E-state index in [0.717, 1.165) is 0 Å². The van der Waals surface area contributed by atoms with Gasteiger partial charge in [-0.05, 0) is 13.8 Å². The molecule has 190 valence electrons. The van der Waals surface area contributed by atoms with Crippen molar-refractivity contribution in [1.29, 1.82) is 0 Å². The topological polar surface area (TPSA) is 180 Å². The number of hydrogen-bond donors (Lipinski definition) is 5. The van der Waals surface area contributed by atoms with Crippen LogP contribution < -0.4 is 4.74 Å². The number of aromatic hydroxyl groups is 1. The lowest BCUT2D eigenvalue weighted by Crippen LogP contribution is -2.59. The molecule has 0 radical (unpaired) electrons. The summed E-state index contributed by atoms with van der Waals surface area (Å²) >= 11 is 1.36. The number of ether oxygens (including phenoxy) is 4. The molecule has 13 heteroatoms. The molecule has 6 atom stereocenters. The number of thioether (sulfide) groups is 1. The van der Waals surface area contributed by atoms with E-state index in [9.17, 15) is 25.2 Å². The number of pyridine rings is 1. The molecular weight excluding hydrogens is 472 g/mol. The molecule has 12 nitrogen and oxygen atoms in total. The first kappa shape index (κ1) is 26.8. The molecule has 2 unspecified atom stereocenters. The Morgan fingerprint density at radius 3 is 2.59 bits per heavy atom. The Labute approximate surface area is 200 Å². The van der Waals surface area contributed by atoms with Crippen LogP contribution in [0.15, 0.2) is 17.3 Å². The van der Waals surface area contributed by atoms with Gasteiger partial charge < -0.3 is 44.5 Å². The maximum Gasteiger partial charge on any atom is 0.186 e. The molecule has 3 rings (SSSR count). The van der Waals surface area contributed by atoms with Crippen molar-refractivity contribution in [2.75, 3.05) is 38.8 Å². The van der Waals surface area contributed by atoms with E-state index < -0.39 is 42.9 Å². The lowest BCUT2D eigenvalue weighted by atomic mass is 9.99. The Morgan fingerprint density at radius 1 is 1.21 bits per heavy atom. The second kappa shape index (κ2) is 11.7. The molecule has 2 aliphatic heterocycles. The van der Waals surface area contributed by atoms with Gasteiger partial charge in [-0.15, -0.1) is 11.8 Å². The van der Waals surface area contributed by atoms with Crippen molar-refractivity contribution in [1.82, 2.24) is 4.98 Å². The van der Waals surface area contributed by atoms with Gasteiger partial charge in [0, 0.05) is 11.8 Å². The van der Waals surface area contributed by atoms with E-state index in [1.165, 1.54) is 30.9 Å². The number of Topliss-reactive ketones (excluding diaryl/α,β-unsaturated/α-hetero) is 1. The van der Waals surface area contributed by atoms with E-state index in [0.29, 0.717) is 22.2 Å². The number of carbonyl (C=O) groups excluding carboxylic acids is 1. The second-order valence-corrected chi connectivity index (χ2v) is 9.07. The van der Waals surface area contributed by atoms with Crippen molar-refractivity contribution in [3.05, 3.63) is 18.0 Å². The minimum atomic E-state index is -1.50. The maximum atomic E-state index is 11.8. The first-order valence-corrected chi connectivity index (χ1v) is 11.7. The lowest BCUT2D eigenvalue weighted by molar-refractivity contribution is -0.302. The number of ketones is 1. The van der Waals surface area contributed by atoms with Gasteiger partial charge in [-0.25, -0.2) is 4.98 Å². The summed E-state index contributed by atoms with van der Waals surface area (Å²) in [5.74, 6) is 0.674. The molecule has 1 saturated heterocycles. The van der Waals surface area contributed by atoms with Gasteiger partial charge in [0.25, 0.3) is 0 Å². The molecule has 0 aromatic carbocycles. The van der Waals surface area contributed by atoms with Crippen molar-refractivity contribution >= 4 is 22.6 Å². The Balaban J connectivity index is 1.37. The average molecular weight is 503 g/mol. The normalized spacial score (nSPS) is 31.4. The van der Waals surface area contributed by atoms with Crippen LogP contribution in [0.1, 0.15) is 19.5 Å². The van der Waals surface area contributed by atoms with Crippen molar-refractivity contribution in [2.24, 2.45) is 4.99 Å². The highest BCUT2D eigenvalue weighted by Crippen LogP contribution is 2.34. The van der Waals surface area contributed by atoms with E-state index >= 15 is 0 Å². The monoisotopic (exact) mass is 502 g/mol. The van der Waals surface area contributed by atoms with Crippen molar-refractivity contribution in [2.45, 2.75) is 50.1 Å². The number of aliphatic hydroxyl groups excluding tert-OH is 4. The van der Waals surface area contributed by atoms with Crippen LogP contribution in [0, 0.1) is 0 Å². The molecule has 0 spiro atoms. The van der Waals surface area contributed by atoms with Crippen molar-refractivity contribution < 1.29 is 49.3 Å². The van der Waals surface area contributed by atoms with Gasteiger partial charge in [0.2, 0.25) is 0 Å². The first-order valence-electron chi connectivity index (χ1n) is 10.7. The molecule has 0 saturated carbocycles. The van der Waals surface area contributed by atoms with Crippen LogP contribution in [0.25, 0.3) is 0 Å². The molecule has 34 heavy (non-hydrogen) atoms. The second-order valence-electron chi connectivity index (χ2n) is 8.10. The van der Waals surface area contributed by atoms with E-state index in [1.807, 2.05) is 0 Å². The van der Waals surface area contributed by atoms with Gasteiger partial charge in [-0.3, -0.25) is 9.79 Å². The first-order chi connectivity index (χ1) is 16.2. The maximum absolute atomic E-state index is 11.8. The fourth-order valence-electron chi connectivity index (χ4n) is 3.23. The molecular formula is C21H30N2O10S. The fourth-order valence-corrected chi connectivity index (χ4v) is 4.47. The number of aliphatic imine (C=N–C) groups is 1. The van der Waals surface area contributed by atoms with Gasteiger partial charge in [-0.1, -0.05) is 0 Å². The zero-order chi connectivity index (χ0) is 24.9. The van der Waals surface area contributed by atoms with Crippen LogP contribution in [0.5, 0.6) is 11.5 Å². The Morgan fingerprint density at radius 2 is 1.94 bits per heavy atom. The largest absolute Gasteiger partial charge is 0.505 e. The van der Waals surface area contributed by atoms with Crippen LogP contribution in [-0.2, 0) is 19.0 Å². The highest BCUT2D eigenvalue weighted by molar-refractivity contribution is 8.14. The van der Waals surface area contributed by atoms with E-state index in [-0.39, 0.29) is 38.0 Å². The molecule has 0 amide bonds. The summed E-state index contributed by atoms with van der Waals surface area (Å²) in [5.41, 5.74) is -0.517. The Bertz CT molecular complexity index is 885. The third-order valence-electron chi connectivity index (χ3n) is 5.50. The lowest BCUT2D eigenvalue weighted by Gasteiger charge is -2.39. The number of nitrogens with zero attached hydrogens (tertiary/aromatic N) is 2. The molecule has 1 aromatic heterocycles. The SMILES string of the molecule is CC(=O)[C@@]1(C)CSC(c2ncc(OCCOCCO[C@@H]3OC(CO)[C@H](O)[C@H](O)C3O)cc2O)=N1. The smallest absolute Gasteiger partial charge is 0.186 e. The predicted molar refractivity (Wildman–Crippen MR) is 120 cm³/mol. The molecule has 5 N–H and O–H groups in total. The van der Waals surface area contributed by atoms with Crippen molar-refractivity contribution in [3.8, 4) is 11.5 Å². The van der Waals surface area contributed by atoms with Crippen LogP contribution in [0.4, 0.5) is 0 Å². The number of hydrogen-bond acceptors (Lipinski definition) is 13. The molecule has 1 fully saturated rings. The number of aromatic nitrogens is 1. The van der Waals surface area contributed by atoms with E-state index in [1.54, 1.807) is 6.92 Å². The standard InChI is InChI=1S/C21H30N2O10S/c1-11(25)21(2)10-34-19(23-21)15-13(26)7-12(8-22-15)31-5-3-30-4-6-32-20-18(29)17(28)16(27)14(9-24)33-20/h7-8,14,16-18,20,24,26-29H,3-6,9-10H2,1-2H3/t14?,16-,17-,18?,20+,21+/m0/s1. The average Bonchev–Trinajstić information content (AvgIpc) is 3.21. The molecule has 2 aliphatic rings. The summed E-state index contributed by atoms with van der Waals surface area (Å²) in [6, 6.07) is 1.41. The Hall–Kier alpha value is -1.84. The van der Waals surface area contributed by atoms with Gasteiger partial charge >= 0.3 is 0 Å².